The molecule has 8 rings (SSSR count). The molecule has 0 unspecified atom stereocenters. The van der Waals surface area contributed by atoms with Gasteiger partial charge in [0.1, 0.15) is 0 Å². The van der Waals surface area contributed by atoms with Gasteiger partial charge < -0.3 is 0 Å². The van der Waals surface area contributed by atoms with Crippen molar-refractivity contribution in [3.8, 4) is 44.5 Å². The molecule has 0 heterocycles. The molecule has 0 saturated heterocycles. The minimum atomic E-state index is 1.26. The smallest absolute Gasteiger partial charge is 0.00132 e. The average Bonchev–Trinajstić information content (AvgIpc) is 3.04. The van der Waals surface area contributed by atoms with Crippen LogP contribution in [0.2, 0.25) is 0 Å². The highest BCUT2D eigenvalue weighted by molar-refractivity contribution is 6.36. The van der Waals surface area contributed by atoms with Crippen LogP contribution in [-0.4, -0.2) is 0 Å². The van der Waals surface area contributed by atoms with Gasteiger partial charge in [-0.15, -0.1) is 0 Å². The normalized spacial score (nSPS) is 11.7. The van der Waals surface area contributed by atoms with E-state index in [1.54, 1.807) is 0 Å². The van der Waals surface area contributed by atoms with E-state index in [-0.39, 0.29) is 0 Å². The molecule has 222 valence electrons. The van der Waals surface area contributed by atoms with Crippen molar-refractivity contribution in [3.05, 3.63) is 155 Å². The van der Waals surface area contributed by atoms with Crippen LogP contribution in [0.5, 0.6) is 0 Å². The van der Waals surface area contributed by atoms with Gasteiger partial charge in [-0.2, -0.15) is 0 Å². The first kappa shape index (κ1) is 28.3. The molecule has 0 nitrogen and oxygen atoms in total. The fourth-order valence-corrected chi connectivity index (χ4v) is 7.52. The van der Waals surface area contributed by atoms with Gasteiger partial charge in [-0.1, -0.05) is 144 Å². The topological polar surface area (TPSA) is 0 Å². The molecule has 0 saturated carbocycles. The lowest BCUT2D eigenvalue weighted by atomic mass is 9.77. The Labute approximate surface area is 272 Å². The third-order valence-electron chi connectivity index (χ3n) is 9.75. The predicted octanol–water partition coefficient (Wildman–Crippen LogP) is 13.1. The second-order valence-electron chi connectivity index (χ2n) is 13.4. The van der Waals surface area contributed by atoms with Crippen LogP contribution in [0, 0.1) is 41.5 Å². The highest BCUT2D eigenvalue weighted by atomic mass is 14.3. The predicted molar refractivity (Wildman–Crippen MR) is 200 cm³/mol. The number of hydrogen-bond donors (Lipinski definition) is 0. The van der Waals surface area contributed by atoms with Crippen LogP contribution in [0.4, 0.5) is 0 Å². The van der Waals surface area contributed by atoms with Gasteiger partial charge in [-0.25, -0.2) is 0 Å². The maximum atomic E-state index is 2.43. The fraction of sp³-hybridized carbons (Fsp3) is 0.130. The summed E-state index contributed by atoms with van der Waals surface area (Å²) in [4.78, 5) is 0. The first-order valence-electron chi connectivity index (χ1n) is 16.3. The SMILES string of the molecule is Cc1ccc(-c2c(-c3ccc(C)cc3)c3cc(C)cc4c(-c5ccc(C)cc5)c(-c5ccc(C)cc5)c5cc(C)cc2c5c34)cc1. The molecule has 8 aromatic rings. The molecule has 0 amide bonds. The standard InChI is InChI=1S/C46H38/c1-27-7-15-33(16-8-27)41-37-23-31(5)25-39-43(35-19-11-29(3)12-20-35)44(36-21-13-30(4)14-22-36)40-26-32(6)24-38(46(40)45(37)39)42(41)34-17-9-28(2)10-18-34/h7-26H,1-6H3. The summed E-state index contributed by atoms with van der Waals surface area (Å²) in [5, 5.41) is 7.99. The maximum Gasteiger partial charge on any atom is -0.00132 e. The van der Waals surface area contributed by atoms with Gasteiger partial charge >= 0.3 is 0 Å². The zero-order chi connectivity index (χ0) is 31.7. The Balaban J connectivity index is 1.68. The van der Waals surface area contributed by atoms with Crippen LogP contribution < -0.4 is 0 Å². The third-order valence-corrected chi connectivity index (χ3v) is 9.75. The van der Waals surface area contributed by atoms with Crippen molar-refractivity contribution < 1.29 is 0 Å². The monoisotopic (exact) mass is 590 g/mol. The third kappa shape index (κ3) is 4.52. The Kier molecular flexibility index (Phi) is 6.59. The minimum absolute atomic E-state index is 1.26. The molecular formula is C46H38. The summed E-state index contributed by atoms with van der Waals surface area (Å²) in [5.41, 5.74) is 17.9. The molecule has 0 N–H and O–H groups in total. The summed E-state index contributed by atoms with van der Waals surface area (Å²) < 4.78 is 0. The van der Waals surface area contributed by atoms with Crippen LogP contribution in [0.15, 0.2) is 121 Å². The lowest BCUT2D eigenvalue weighted by molar-refractivity contribution is 1.45. The summed E-state index contributed by atoms with van der Waals surface area (Å²) in [6, 6.07) is 46.2. The van der Waals surface area contributed by atoms with Gasteiger partial charge in [0, 0.05) is 0 Å². The van der Waals surface area contributed by atoms with Gasteiger partial charge in [-0.3, -0.25) is 0 Å². The van der Waals surface area contributed by atoms with Crippen LogP contribution >= 0.6 is 0 Å². The summed E-state index contributed by atoms with van der Waals surface area (Å²) in [7, 11) is 0. The van der Waals surface area contributed by atoms with Crippen LogP contribution in [0.1, 0.15) is 33.4 Å². The van der Waals surface area contributed by atoms with Crippen molar-refractivity contribution in [2.45, 2.75) is 41.5 Å². The van der Waals surface area contributed by atoms with Crippen molar-refractivity contribution in [3.63, 3.8) is 0 Å². The van der Waals surface area contributed by atoms with Gasteiger partial charge in [0.25, 0.3) is 0 Å². The molecule has 0 aliphatic rings. The van der Waals surface area contributed by atoms with Gasteiger partial charge in [0.15, 0.2) is 0 Å². The molecule has 8 aromatic carbocycles. The van der Waals surface area contributed by atoms with Crippen molar-refractivity contribution in [2.75, 3.05) is 0 Å². The van der Waals surface area contributed by atoms with Crippen LogP contribution in [0.25, 0.3) is 76.8 Å². The zero-order valence-electron chi connectivity index (χ0n) is 27.5. The molecule has 0 radical (unpaired) electrons. The van der Waals surface area contributed by atoms with Gasteiger partial charge in [0.2, 0.25) is 0 Å². The van der Waals surface area contributed by atoms with Crippen molar-refractivity contribution >= 4 is 32.3 Å². The Morgan fingerprint density at radius 2 is 0.435 bits per heavy atom. The highest BCUT2D eigenvalue weighted by Crippen LogP contribution is 2.53. The molecule has 0 bridgehead atoms. The number of benzene rings is 8. The first-order valence-corrected chi connectivity index (χ1v) is 16.3. The summed E-state index contributed by atoms with van der Waals surface area (Å²) in [5.74, 6) is 0. The van der Waals surface area contributed by atoms with E-state index in [9.17, 15) is 0 Å². The summed E-state index contributed by atoms with van der Waals surface area (Å²) >= 11 is 0. The first-order chi connectivity index (χ1) is 22.3. The Bertz CT molecular complexity index is 2060. The van der Waals surface area contributed by atoms with Crippen LogP contribution in [-0.2, 0) is 0 Å². The molecule has 0 aromatic heterocycles. The van der Waals surface area contributed by atoms with E-state index in [2.05, 4.69) is 163 Å². The van der Waals surface area contributed by atoms with E-state index in [1.807, 2.05) is 0 Å². The largest absolute Gasteiger partial charge is 0.0587 e. The molecule has 0 aliphatic heterocycles. The van der Waals surface area contributed by atoms with E-state index < -0.39 is 0 Å². The van der Waals surface area contributed by atoms with Gasteiger partial charge in [-0.05, 0) is 129 Å². The Morgan fingerprint density at radius 3 is 0.630 bits per heavy atom. The summed E-state index contributed by atoms with van der Waals surface area (Å²) in [6.45, 7) is 13.2. The van der Waals surface area contributed by atoms with Gasteiger partial charge in [0.05, 0.1) is 0 Å². The zero-order valence-corrected chi connectivity index (χ0v) is 27.5. The number of rotatable bonds is 4. The summed E-state index contributed by atoms with van der Waals surface area (Å²) in [6.07, 6.45) is 0. The van der Waals surface area contributed by atoms with Crippen LogP contribution in [0.3, 0.4) is 0 Å². The molecular weight excluding hydrogens is 553 g/mol. The number of aryl methyl sites for hydroxylation is 6. The lowest BCUT2D eigenvalue weighted by Gasteiger charge is -2.26. The number of hydrogen-bond acceptors (Lipinski definition) is 0. The average molecular weight is 591 g/mol. The minimum Gasteiger partial charge on any atom is -0.0587 e. The second-order valence-corrected chi connectivity index (χ2v) is 13.4. The fourth-order valence-electron chi connectivity index (χ4n) is 7.52. The quantitative estimate of drug-likeness (QED) is 0.179. The van der Waals surface area contributed by atoms with Crippen molar-refractivity contribution in [2.24, 2.45) is 0 Å². The highest BCUT2D eigenvalue weighted by Gasteiger charge is 2.26. The maximum absolute atomic E-state index is 2.43. The Hall–Kier alpha value is -5.20. The molecule has 0 aliphatic carbocycles. The van der Waals surface area contributed by atoms with E-state index in [0.717, 1.165) is 0 Å². The van der Waals surface area contributed by atoms with E-state index in [1.165, 1.54) is 110 Å². The molecule has 0 atom stereocenters. The lowest BCUT2D eigenvalue weighted by Crippen LogP contribution is -1.99. The van der Waals surface area contributed by atoms with Crippen molar-refractivity contribution in [1.82, 2.24) is 0 Å². The molecule has 0 spiro atoms. The molecule has 0 fully saturated rings. The van der Waals surface area contributed by atoms with E-state index in [0.29, 0.717) is 0 Å². The van der Waals surface area contributed by atoms with E-state index >= 15 is 0 Å². The molecule has 0 heteroatoms. The van der Waals surface area contributed by atoms with E-state index in [4.69, 9.17) is 0 Å². The van der Waals surface area contributed by atoms with Crippen molar-refractivity contribution in [1.29, 1.82) is 0 Å². The Morgan fingerprint density at radius 1 is 0.239 bits per heavy atom. The molecule has 46 heavy (non-hydrogen) atoms. The second kappa shape index (κ2) is 10.7.